The second-order valence-corrected chi connectivity index (χ2v) is 6.64. The van der Waals surface area contributed by atoms with Gasteiger partial charge in [-0.25, -0.2) is 9.97 Å². The Hall–Kier alpha value is -0.610. The minimum atomic E-state index is 0.324. The zero-order valence-corrected chi connectivity index (χ0v) is 12.6. The minimum Gasteiger partial charge on any atom is -0.310 e. The lowest BCUT2D eigenvalue weighted by molar-refractivity contribution is 0.255. The third-order valence-electron chi connectivity index (χ3n) is 3.45. The minimum absolute atomic E-state index is 0.324. The monoisotopic (exact) mass is 265 g/mol. The number of fused-ring (bicyclic) bond motifs is 1. The molecule has 0 saturated heterocycles. The summed E-state index contributed by atoms with van der Waals surface area (Å²) in [5.41, 5.74) is 2.88. The van der Waals surface area contributed by atoms with Gasteiger partial charge in [0.05, 0.1) is 5.75 Å². The van der Waals surface area contributed by atoms with Gasteiger partial charge >= 0.3 is 0 Å². The summed E-state index contributed by atoms with van der Waals surface area (Å²) in [6.07, 6.45) is 6.36. The van der Waals surface area contributed by atoms with E-state index in [1.807, 2.05) is 6.20 Å². The number of rotatable bonds is 4. The molecule has 3 nitrogen and oxygen atoms in total. The van der Waals surface area contributed by atoms with Crippen LogP contribution in [0.25, 0.3) is 0 Å². The summed E-state index contributed by atoms with van der Waals surface area (Å²) in [6, 6.07) is 0.414. The van der Waals surface area contributed by atoms with Crippen LogP contribution in [0, 0.1) is 5.41 Å². The maximum atomic E-state index is 4.76. The van der Waals surface area contributed by atoms with E-state index >= 15 is 0 Å². The number of aromatic nitrogens is 2. The summed E-state index contributed by atoms with van der Waals surface area (Å²) in [6.45, 7) is 7.81. The number of nitrogens with zero attached hydrogens (tertiary/aromatic N) is 2. The van der Waals surface area contributed by atoms with Gasteiger partial charge in [0.2, 0.25) is 0 Å². The largest absolute Gasteiger partial charge is 0.310 e. The van der Waals surface area contributed by atoms with Crippen molar-refractivity contribution < 1.29 is 0 Å². The molecule has 1 heterocycles. The van der Waals surface area contributed by atoms with Crippen LogP contribution in [0.1, 0.15) is 50.3 Å². The summed E-state index contributed by atoms with van der Waals surface area (Å²) in [5, 5.41) is 3.56. The van der Waals surface area contributed by atoms with E-state index < -0.39 is 0 Å². The van der Waals surface area contributed by atoms with Gasteiger partial charge in [0.1, 0.15) is 5.82 Å². The van der Waals surface area contributed by atoms with Crippen LogP contribution in [0.2, 0.25) is 0 Å². The third-order valence-corrected chi connectivity index (χ3v) is 4.00. The van der Waals surface area contributed by atoms with Crippen molar-refractivity contribution in [3.63, 3.8) is 0 Å². The molecule has 100 valence electrons. The number of thioether (sulfide) groups is 1. The van der Waals surface area contributed by atoms with Gasteiger partial charge in [0.25, 0.3) is 0 Å². The van der Waals surface area contributed by atoms with Crippen LogP contribution in [0.15, 0.2) is 6.20 Å². The molecule has 0 aliphatic heterocycles. The molecule has 1 aliphatic rings. The Morgan fingerprint density at radius 3 is 2.94 bits per heavy atom. The lowest BCUT2D eigenvalue weighted by Crippen LogP contribution is -2.34. The molecule has 1 aliphatic carbocycles. The quantitative estimate of drug-likeness (QED) is 0.908. The Bertz CT molecular complexity index is 418. The Labute approximate surface area is 114 Å². The molecule has 1 aromatic heterocycles. The van der Waals surface area contributed by atoms with Crippen LogP contribution in [0.5, 0.6) is 0 Å². The van der Waals surface area contributed by atoms with Crippen molar-refractivity contribution in [1.82, 2.24) is 15.3 Å². The first-order valence-electron chi connectivity index (χ1n) is 6.63. The van der Waals surface area contributed by atoms with E-state index in [9.17, 15) is 0 Å². The maximum Gasteiger partial charge on any atom is 0.138 e. The van der Waals surface area contributed by atoms with Crippen molar-refractivity contribution in [2.75, 3.05) is 12.8 Å². The van der Waals surface area contributed by atoms with Crippen molar-refractivity contribution in [1.29, 1.82) is 0 Å². The molecule has 0 radical (unpaired) electrons. The molecule has 1 unspecified atom stereocenters. The number of hydrogen-bond acceptors (Lipinski definition) is 4. The van der Waals surface area contributed by atoms with Gasteiger partial charge in [-0.2, -0.15) is 11.8 Å². The van der Waals surface area contributed by atoms with E-state index in [-0.39, 0.29) is 0 Å². The molecule has 0 saturated carbocycles. The second kappa shape index (κ2) is 5.57. The molecule has 1 N–H and O–H groups in total. The topological polar surface area (TPSA) is 37.8 Å². The van der Waals surface area contributed by atoms with Crippen LogP contribution >= 0.6 is 11.8 Å². The molecule has 0 aromatic carbocycles. The summed E-state index contributed by atoms with van der Waals surface area (Å²) in [5.74, 6) is 1.87. The first-order valence-corrected chi connectivity index (χ1v) is 8.02. The van der Waals surface area contributed by atoms with E-state index in [4.69, 9.17) is 4.98 Å². The van der Waals surface area contributed by atoms with E-state index in [2.05, 4.69) is 37.3 Å². The Kier molecular flexibility index (Phi) is 4.28. The predicted octanol–water partition coefficient (Wildman–Crippen LogP) is 2.96. The highest BCUT2D eigenvalue weighted by Gasteiger charge is 2.33. The Morgan fingerprint density at radius 2 is 2.28 bits per heavy atom. The zero-order valence-electron chi connectivity index (χ0n) is 11.8. The maximum absolute atomic E-state index is 4.76. The van der Waals surface area contributed by atoms with Crippen molar-refractivity contribution in [2.45, 2.75) is 45.4 Å². The molecule has 18 heavy (non-hydrogen) atoms. The van der Waals surface area contributed by atoms with Crippen molar-refractivity contribution in [2.24, 2.45) is 5.41 Å². The van der Waals surface area contributed by atoms with Crippen LogP contribution in [0.4, 0.5) is 0 Å². The van der Waals surface area contributed by atoms with Crippen molar-refractivity contribution >= 4 is 11.8 Å². The number of hydrogen-bond donors (Lipinski definition) is 1. The van der Waals surface area contributed by atoms with Crippen LogP contribution in [-0.4, -0.2) is 22.8 Å². The van der Waals surface area contributed by atoms with Crippen LogP contribution < -0.4 is 5.32 Å². The fourth-order valence-corrected chi connectivity index (χ4v) is 3.11. The molecule has 0 amide bonds. The smallest absolute Gasteiger partial charge is 0.138 e. The molecule has 0 fully saturated rings. The molecular weight excluding hydrogens is 242 g/mol. The SMILES string of the molecule is CCNC1CC(C)(C)Cc2nc(CSC)ncc21. The average Bonchev–Trinajstić information content (AvgIpc) is 2.27. The summed E-state index contributed by atoms with van der Waals surface area (Å²) in [4.78, 5) is 9.25. The molecule has 0 spiro atoms. The predicted molar refractivity (Wildman–Crippen MR) is 77.8 cm³/mol. The highest BCUT2D eigenvalue weighted by molar-refractivity contribution is 7.97. The summed E-state index contributed by atoms with van der Waals surface area (Å²) >= 11 is 1.78. The zero-order chi connectivity index (χ0) is 13.2. The van der Waals surface area contributed by atoms with Crippen LogP contribution in [-0.2, 0) is 12.2 Å². The highest BCUT2D eigenvalue weighted by atomic mass is 32.2. The lowest BCUT2D eigenvalue weighted by atomic mass is 9.74. The van der Waals surface area contributed by atoms with Gasteiger partial charge in [0, 0.05) is 23.5 Å². The standard InChI is InChI=1S/C14H23N3S/c1-5-15-11-6-14(2,3)7-12-10(11)8-16-13(17-12)9-18-4/h8,11,15H,5-7,9H2,1-4H3. The lowest BCUT2D eigenvalue weighted by Gasteiger charge is -2.36. The van der Waals surface area contributed by atoms with Crippen molar-refractivity contribution in [3.8, 4) is 0 Å². The molecule has 4 heteroatoms. The van der Waals surface area contributed by atoms with E-state index in [1.54, 1.807) is 11.8 Å². The fourth-order valence-electron chi connectivity index (χ4n) is 2.72. The normalized spacial score (nSPS) is 21.7. The van der Waals surface area contributed by atoms with Gasteiger partial charge < -0.3 is 5.32 Å². The van der Waals surface area contributed by atoms with Gasteiger partial charge in [-0.3, -0.25) is 0 Å². The highest BCUT2D eigenvalue weighted by Crippen LogP contribution is 2.39. The third kappa shape index (κ3) is 3.04. The molecule has 2 rings (SSSR count). The van der Waals surface area contributed by atoms with E-state index in [1.165, 1.54) is 17.7 Å². The first-order chi connectivity index (χ1) is 8.55. The fraction of sp³-hybridized carbons (Fsp3) is 0.714. The number of nitrogens with one attached hydrogen (secondary N) is 1. The van der Waals surface area contributed by atoms with Gasteiger partial charge in [-0.15, -0.1) is 0 Å². The van der Waals surface area contributed by atoms with E-state index in [0.717, 1.165) is 24.5 Å². The van der Waals surface area contributed by atoms with Gasteiger partial charge in [-0.1, -0.05) is 20.8 Å². The van der Waals surface area contributed by atoms with Gasteiger partial charge in [-0.05, 0) is 31.1 Å². The van der Waals surface area contributed by atoms with E-state index in [0.29, 0.717) is 11.5 Å². The van der Waals surface area contributed by atoms with Gasteiger partial charge in [0.15, 0.2) is 0 Å². The second-order valence-electron chi connectivity index (χ2n) is 5.78. The Morgan fingerprint density at radius 1 is 1.50 bits per heavy atom. The molecule has 1 aromatic rings. The summed E-state index contributed by atoms with van der Waals surface area (Å²) in [7, 11) is 0. The molecular formula is C14H23N3S. The van der Waals surface area contributed by atoms with Crippen molar-refractivity contribution in [3.05, 3.63) is 23.3 Å². The van der Waals surface area contributed by atoms with Crippen LogP contribution in [0.3, 0.4) is 0 Å². The average molecular weight is 265 g/mol. The summed E-state index contributed by atoms with van der Waals surface area (Å²) < 4.78 is 0. The Balaban J connectivity index is 2.32. The first kappa shape index (κ1) is 13.8. The molecule has 0 bridgehead atoms. The molecule has 1 atom stereocenters.